The molecule has 4 rings (SSSR count). The summed E-state index contributed by atoms with van der Waals surface area (Å²) in [4.78, 5) is 19.5. The highest BCUT2D eigenvalue weighted by molar-refractivity contribution is 7.80. The summed E-state index contributed by atoms with van der Waals surface area (Å²) in [6, 6.07) is 21.3. The molecule has 3 aromatic carbocycles. The first-order valence-electron chi connectivity index (χ1n) is 9.92. The highest BCUT2D eigenvalue weighted by atomic mass is 35.5. The van der Waals surface area contributed by atoms with E-state index in [0.717, 1.165) is 11.1 Å². The largest absolute Gasteiger partial charge is 0.358 e. The van der Waals surface area contributed by atoms with Crippen molar-refractivity contribution in [3.05, 3.63) is 100 Å². The van der Waals surface area contributed by atoms with E-state index in [-0.39, 0.29) is 23.4 Å². The van der Waals surface area contributed by atoms with Gasteiger partial charge in [0.05, 0.1) is 11.4 Å². The number of thiocarbonyl (C=S) groups is 1. The minimum Gasteiger partial charge on any atom is -0.358 e. The van der Waals surface area contributed by atoms with Gasteiger partial charge < -0.3 is 15.5 Å². The first-order chi connectivity index (χ1) is 15.4. The van der Waals surface area contributed by atoms with Crippen molar-refractivity contribution in [2.75, 3.05) is 11.9 Å². The maximum Gasteiger partial charge on any atom is 0.272 e. The number of nitrogens with one attached hydrogen (secondary N) is 2. The van der Waals surface area contributed by atoms with Crippen LogP contribution in [0.3, 0.4) is 0 Å². The number of aliphatic imine (C=N–C) groups is 1. The summed E-state index contributed by atoms with van der Waals surface area (Å²) >= 11 is 11.6. The first kappa shape index (κ1) is 21.9. The van der Waals surface area contributed by atoms with E-state index in [9.17, 15) is 9.18 Å². The number of benzene rings is 3. The highest BCUT2D eigenvalue weighted by Gasteiger charge is 2.30. The Hall–Kier alpha value is -3.29. The Morgan fingerprint density at radius 2 is 1.84 bits per heavy atom. The number of fused-ring (bicyclic) bond motifs is 1. The van der Waals surface area contributed by atoms with Crippen LogP contribution in [0.2, 0.25) is 5.02 Å². The van der Waals surface area contributed by atoms with E-state index in [0.29, 0.717) is 22.0 Å². The lowest BCUT2D eigenvalue weighted by molar-refractivity contribution is -0.119. The molecule has 0 radical (unpaired) electrons. The molecular formula is C24H20ClFN4OS. The predicted octanol–water partition coefficient (Wildman–Crippen LogP) is 4.28. The number of rotatable bonds is 4. The molecule has 32 heavy (non-hydrogen) atoms. The van der Waals surface area contributed by atoms with E-state index in [2.05, 4.69) is 10.6 Å². The summed E-state index contributed by atoms with van der Waals surface area (Å²) in [5.74, 6) is -0.612. The summed E-state index contributed by atoms with van der Waals surface area (Å²) in [6.45, 7) is 0.181. The van der Waals surface area contributed by atoms with E-state index in [4.69, 9.17) is 28.8 Å². The fourth-order valence-corrected chi connectivity index (χ4v) is 3.81. The van der Waals surface area contributed by atoms with Crippen molar-refractivity contribution in [1.82, 2.24) is 10.6 Å². The normalized spacial score (nSPS) is 15.5. The number of nitrogens with zero attached hydrogens (tertiary/aromatic N) is 2. The van der Waals surface area contributed by atoms with Gasteiger partial charge in [-0.1, -0.05) is 60.1 Å². The van der Waals surface area contributed by atoms with E-state index in [1.807, 2.05) is 30.3 Å². The summed E-state index contributed by atoms with van der Waals surface area (Å²) in [6.07, 6.45) is -0.970. The minimum atomic E-state index is -0.970. The quantitative estimate of drug-likeness (QED) is 0.563. The molecule has 162 valence electrons. The van der Waals surface area contributed by atoms with Gasteiger partial charge in [-0.2, -0.15) is 0 Å². The van der Waals surface area contributed by atoms with E-state index in [1.54, 1.807) is 43.4 Å². The monoisotopic (exact) mass is 466 g/mol. The molecule has 0 aromatic heterocycles. The molecule has 0 aliphatic carbocycles. The van der Waals surface area contributed by atoms with Crippen LogP contribution in [0.4, 0.5) is 10.1 Å². The van der Waals surface area contributed by atoms with E-state index >= 15 is 0 Å². The van der Waals surface area contributed by atoms with Crippen LogP contribution < -0.4 is 15.5 Å². The Labute approximate surface area is 195 Å². The topological polar surface area (TPSA) is 56.7 Å². The third kappa shape index (κ3) is 4.64. The number of carbonyl (C=O) groups excluding carboxylic acids is 1. The Kier molecular flexibility index (Phi) is 6.48. The number of hydrogen-bond acceptors (Lipinski definition) is 3. The number of anilines is 1. The average Bonchev–Trinajstić information content (AvgIpc) is 2.89. The molecule has 0 bridgehead atoms. The molecule has 0 spiro atoms. The molecule has 1 amide bonds. The molecule has 0 saturated carbocycles. The van der Waals surface area contributed by atoms with Gasteiger partial charge in [0.1, 0.15) is 5.82 Å². The third-order valence-corrected chi connectivity index (χ3v) is 5.61. The molecule has 1 aliphatic heterocycles. The van der Waals surface area contributed by atoms with Crippen molar-refractivity contribution in [2.45, 2.75) is 12.7 Å². The molecule has 8 heteroatoms. The fraction of sp³-hybridized carbons (Fsp3) is 0.125. The number of amides is 1. The maximum absolute atomic E-state index is 13.9. The van der Waals surface area contributed by atoms with Gasteiger partial charge in [0.15, 0.2) is 5.11 Å². The van der Waals surface area contributed by atoms with Crippen LogP contribution in [0.1, 0.15) is 16.7 Å². The van der Waals surface area contributed by atoms with Crippen LogP contribution in [-0.4, -0.2) is 29.9 Å². The van der Waals surface area contributed by atoms with Crippen molar-refractivity contribution >= 4 is 46.2 Å². The van der Waals surface area contributed by atoms with Crippen molar-refractivity contribution < 1.29 is 9.18 Å². The highest BCUT2D eigenvalue weighted by Crippen LogP contribution is 2.29. The van der Waals surface area contributed by atoms with Gasteiger partial charge in [-0.3, -0.25) is 4.79 Å². The zero-order valence-corrected chi connectivity index (χ0v) is 18.8. The van der Waals surface area contributed by atoms with Gasteiger partial charge in [0.2, 0.25) is 6.17 Å². The summed E-state index contributed by atoms with van der Waals surface area (Å²) in [7, 11) is 1.68. The van der Waals surface area contributed by atoms with Gasteiger partial charge in [-0.05, 0) is 36.5 Å². The molecule has 3 aromatic rings. The van der Waals surface area contributed by atoms with Gasteiger partial charge in [0, 0.05) is 35.3 Å². The molecule has 0 saturated heterocycles. The van der Waals surface area contributed by atoms with Crippen molar-refractivity contribution in [3.8, 4) is 0 Å². The Morgan fingerprint density at radius 3 is 2.59 bits per heavy atom. The van der Waals surface area contributed by atoms with Crippen LogP contribution in [-0.2, 0) is 11.3 Å². The predicted molar refractivity (Wildman–Crippen MR) is 130 cm³/mol. The van der Waals surface area contributed by atoms with Crippen LogP contribution in [0.15, 0.2) is 77.8 Å². The molecule has 2 N–H and O–H groups in total. The molecule has 5 nitrogen and oxygen atoms in total. The third-order valence-electron chi connectivity index (χ3n) is 5.11. The van der Waals surface area contributed by atoms with Crippen molar-refractivity contribution in [3.63, 3.8) is 0 Å². The van der Waals surface area contributed by atoms with Crippen LogP contribution in [0.5, 0.6) is 0 Å². The summed E-state index contributed by atoms with van der Waals surface area (Å²) < 4.78 is 13.9. The second kappa shape index (κ2) is 9.46. The molecular weight excluding hydrogens is 447 g/mol. The molecule has 1 atom stereocenters. The van der Waals surface area contributed by atoms with E-state index < -0.39 is 6.17 Å². The zero-order chi connectivity index (χ0) is 22.7. The number of benzodiazepines with no additional fused rings is 1. The lowest BCUT2D eigenvalue weighted by Gasteiger charge is -2.22. The van der Waals surface area contributed by atoms with Crippen molar-refractivity contribution in [1.29, 1.82) is 0 Å². The number of hydrogen-bond donors (Lipinski definition) is 2. The number of carbonyl (C=O) groups is 1. The van der Waals surface area contributed by atoms with Gasteiger partial charge in [-0.25, -0.2) is 9.38 Å². The number of likely N-dealkylation sites (N-methyl/N-ethyl adjacent to an activating group) is 1. The Morgan fingerprint density at radius 1 is 1.12 bits per heavy atom. The summed E-state index contributed by atoms with van der Waals surface area (Å²) in [5, 5.41) is 6.65. The SMILES string of the molecule is CN1C(=O)C(NC(=S)NCc2ccccc2F)N=C(c2ccccc2)c2cc(Cl)ccc21. The number of halogens is 2. The molecule has 1 unspecified atom stereocenters. The second-order valence-corrected chi connectivity index (χ2v) is 8.07. The summed E-state index contributed by atoms with van der Waals surface area (Å²) in [5.41, 5.74) is 3.37. The lowest BCUT2D eigenvalue weighted by Crippen LogP contribution is -2.49. The fourth-order valence-electron chi connectivity index (χ4n) is 3.46. The molecule has 1 aliphatic rings. The standard InChI is InChI=1S/C24H20ClFN4OS/c1-30-20-12-11-17(25)13-18(20)21(15-7-3-2-4-8-15)28-22(23(30)31)29-24(32)27-14-16-9-5-6-10-19(16)26/h2-13,22H,14H2,1H3,(H2,27,29,32). The van der Waals surface area contributed by atoms with Gasteiger partial charge in [0.25, 0.3) is 5.91 Å². The molecule has 1 heterocycles. The average molecular weight is 467 g/mol. The van der Waals surface area contributed by atoms with Crippen molar-refractivity contribution in [2.24, 2.45) is 4.99 Å². The van der Waals surface area contributed by atoms with Gasteiger partial charge in [-0.15, -0.1) is 0 Å². The minimum absolute atomic E-state index is 0.181. The molecule has 0 fully saturated rings. The second-order valence-electron chi connectivity index (χ2n) is 7.22. The smallest absolute Gasteiger partial charge is 0.272 e. The Bertz CT molecular complexity index is 1200. The Balaban J connectivity index is 1.64. The van der Waals surface area contributed by atoms with Crippen LogP contribution in [0.25, 0.3) is 0 Å². The zero-order valence-electron chi connectivity index (χ0n) is 17.2. The first-order valence-corrected chi connectivity index (χ1v) is 10.7. The maximum atomic E-state index is 13.9. The van der Waals surface area contributed by atoms with E-state index in [1.165, 1.54) is 11.0 Å². The lowest BCUT2D eigenvalue weighted by atomic mass is 10.0. The van der Waals surface area contributed by atoms with Crippen LogP contribution in [0, 0.1) is 5.82 Å². The van der Waals surface area contributed by atoms with Gasteiger partial charge >= 0.3 is 0 Å². The van der Waals surface area contributed by atoms with Crippen LogP contribution >= 0.6 is 23.8 Å².